The number of aromatic nitrogens is 4. The summed E-state index contributed by atoms with van der Waals surface area (Å²) < 4.78 is 0. The maximum Gasteiger partial charge on any atom is 0.347 e. The number of aryl methyl sites for hydroxylation is 1. The van der Waals surface area contributed by atoms with Crippen LogP contribution in [-0.4, -0.2) is 38.3 Å². The van der Waals surface area contributed by atoms with Crippen molar-refractivity contribution in [2.75, 3.05) is 11.9 Å². The first kappa shape index (κ1) is 11.5. The highest BCUT2D eigenvalue weighted by molar-refractivity contribution is 7.17. The highest BCUT2D eigenvalue weighted by Gasteiger charge is 2.13. The van der Waals surface area contributed by atoms with Gasteiger partial charge in [-0.15, -0.1) is 0 Å². The molecule has 0 aliphatic carbocycles. The van der Waals surface area contributed by atoms with Crippen LogP contribution >= 0.6 is 11.3 Å². The summed E-state index contributed by atoms with van der Waals surface area (Å²) in [5.74, 6) is 0.437. The molecule has 2 N–H and O–H groups in total. The number of nitrogens with one attached hydrogen (secondary N) is 1. The van der Waals surface area contributed by atoms with Gasteiger partial charge in [0.15, 0.2) is 11.0 Å². The van der Waals surface area contributed by atoms with Gasteiger partial charge < -0.3 is 10.0 Å². The number of hydrogen-bond acceptors (Lipinski definition) is 6. The van der Waals surface area contributed by atoms with Crippen molar-refractivity contribution in [1.82, 2.24) is 20.2 Å². The molecule has 0 aromatic carbocycles. The van der Waals surface area contributed by atoms with E-state index < -0.39 is 5.97 Å². The number of aromatic carboxylic acids is 1. The van der Waals surface area contributed by atoms with Crippen LogP contribution in [0, 0.1) is 6.92 Å². The minimum Gasteiger partial charge on any atom is -0.477 e. The monoisotopic (exact) mass is 253 g/mol. The van der Waals surface area contributed by atoms with Crippen molar-refractivity contribution in [3.63, 3.8) is 0 Å². The molecule has 90 valence electrons. The molecule has 2 heterocycles. The fraction of sp³-hybridized carbons (Fsp3) is 0.333. The number of thiazole rings is 1. The van der Waals surface area contributed by atoms with Crippen molar-refractivity contribution in [3.8, 4) is 0 Å². The van der Waals surface area contributed by atoms with E-state index in [1.165, 1.54) is 6.20 Å². The number of hydrogen-bond donors (Lipinski definition) is 2. The molecule has 0 saturated carbocycles. The second-order valence-corrected chi connectivity index (χ2v) is 4.51. The first-order valence-corrected chi connectivity index (χ1v) is 5.66. The van der Waals surface area contributed by atoms with Crippen LogP contribution in [0.4, 0.5) is 5.13 Å². The van der Waals surface area contributed by atoms with E-state index >= 15 is 0 Å². The second-order valence-electron chi connectivity index (χ2n) is 3.51. The van der Waals surface area contributed by atoms with Gasteiger partial charge in [0.1, 0.15) is 10.7 Å². The van der Waals surface area contributed by atoms with Crippen LogP contribution in [0.1, 0.15) is 21.3 Å². The summed E-state index contributed by atoms with van der Waals surface area (Å²) in [4.78, 5) is 21.0. The lowest BCUT2D eigenvalue weighted by Crippen LogP contribution is -2.17. The third-order valence-corrected chi connectivity index (χ3v) is 3.15. The van der Waals surface area contributed by atoms with Crippen LogP contribution < -0.4 is 4.90 Å². The fourth-order valence-electron chi connectivity index (χ4n) is 1.28. The molecule has 2 aromatic heterocycles. The summed E-state index contributed by atoms with van der Waals surface area (Å²) in [5.41, 5.74) is 0. The Morgan fingerprint density at radius 3 is 2.94 bits per heavy atom. The molecule has 0 amide bonds. The third-order valence-electron chi connectivity index (χ3n) is 2.05. The molecule has 0 bridgehead atoms. The molecular formula is C9H11N5O2S. The van der Waals surface area contributed by atoms with E-state index in [1.807, 2.05) is 14.0 Å². The molecule has 0 spiro atoms. The number of carboxylic acids is 1. The molecule has 0 radical (unpaired) electrons. The molecule has 7 nitrogen and oxygen atoms in total. The Bertz CT molecular complexity index is 535. The number of nitrogens with zero attached hydrogens (tertiary/aromatic N) is 4. The van der Waals surface area contributed by atoms with E-state index in [1.54, 1.807) is 4.90 Å². The number of aromatic amines is 1. The zero-order valence-corrected chi connectivity index (χ0v) is 10.2. The number of H-pyrrole nitrogens is 1. The average molecular weight is 253 g/mol. The van der Waals surface area contributed by atoms with Crippen molar-refractivity contribution in [3.05, 3.63) is 22.7 Å². The predicted molar refractivity (Wildman–Crippen MR) is 62.3 cm³/mol. The highest BCUT2D eigenvalue weighted by Crippen LogP contribution is 2.22. The lowest BCUT2D eigenvalue weighted by atomic mass is 10.5. The summed E-state index contributed by atoms with van der Waals surface area (Å²) in [5, 5.41) is 16.2. The van der Waals surface area contributed by atoms with Crippen molar-refractivity contribution in [2.45, 2.75) is 13.5 Å². The van der Waals surface area contributed by atoms with E-state index in [0.717, 1.165) is 17.2 Å². The van der Waals surface area contributed by atoms with Gasteiger partial charge in [0, 0.05) is 7.05 Å². The van der Waals surface area contributed by atoms with Gasteiger partial charge in [0.25, 0.3) is 0 Å². The van der Waals surface area contributed by atoms with Crippen molar-refractivity contribution < 1.29 is 9.90 Å². The Labute approximate surface area is 101 Å². The van der Waals surface area contributed by atoms with Gasteiger partial charge in [-0.3, -0.25) is 5.10 Å². The standard InChI is InChI=1S/C9H11N5O2S/c1-5-11-7(13-12-5)4-14(2)9-10-3-6(17-9)8(15)16/h3H,4H2,1-2H3,(H,15,16)(H,11,12,13). The SMILES string of the molecule is Cc1nc(CN(C)c2ncc(C(=O)O)s2)n[nH]1. The highest BCUT2D eigenvalue weighted by atomic mass is 32.1. The molecule has 17 heavy (non-hydrogen) atoms. The van der Waals surface area contributed by atoms with Gasteiger partial charge >= 0.3 is 5.97 Å². The number of anilines is 1. The molecule has 2 rings (SSSR count). The molecule has 0 saturated heterocycles. The Kier molecular flexibility index (Phi) is 3.05. The third kappa shape index (κ3) is 2.59. The maximum atomic E-state index is 10.7. The summed E-state index contributed by atoms with van der Waals surface area (Å²) >= 11 is 1.12. The van der Waals surface area contributed by atoms with Crippen LogP contribution in [0.5, 0.6) is 0 Å². The molecule has 0 aliphatic rings. The molecule has 2 aromatic rings. The Morgan fingerprint density at radius 1 is 1.65 bits per heavy atom. The number of carboxylic acid groups (broad SMARTS) is 1. The average Bonchev–Trinajstić information content (AvgIpc) is 2.86. The summed E-state index contributed by atoms with van der Waals surface area (Å²) in [6.45, 7) is 2.30. The minimum atomic E-state index is -0.962. The zero-order chi connectivity index (χ0) is 12.4. The van der Waals surface area contributed by atoms with Crippen LogP contribution in [0.2, 0.25) is 0 Å². The van der Waals surface area contributed by atoms with Gasteiger partial charge in [-0.2, -0.15) is 5.10 Å². The first-order valence-electron chi connectivity index (χ1n) is 4.84. The lowest BCUT2D eigenvalue weighted by Gasteiger charge is -2.12. The topological polar surface area (TPSA) is 95.0 Å². The van der Waals surface area contributed by atoms with E-state index in [9.17, 15) is 4.79 Å². The van der Waals surface area contributed by atoms with E-state index in [2.05, 4.69) is 20.2 Å². The van der Waals surface area contributed by atoms with Crippen LogP contribution in [0.25, 0.3) is 0 Å². The van der Waals surface area contributed by atoms with Gasteiger partial charge in [0.05, 0.1) is 12.7 Å². The Hall–Kier alpha value is -1.96. The van der Waals surface area contributed by atoms with E-state index in [-0.39, 0.29) is 4.88 Å². The fourth-order valence-corrected chi connectivity index (χ4v) is 1.99. The van der Waals surface area contributed by atoms with E-state index in [0.29, 0.717) is 17.5 Å². The summed E-state index contributed by atoms with van der Waals surface area (Å²) in [6.07, 6.45) is 1.35. The van der Waals surface area contributed by atoms with Gasteiger partial charge in [0.2, 0.25) is 0 Å². The second kappa shape index (κ2) is 4.50. The lowest BCUT2D eigenvalue weighted by molar-refractivity contribution is 0.0702. The van der Waals surface area contributed by atoms with Gasteiger partial charge in [-0.05, 0) is 6.92 Å². The van der Waals surface area contributed by atoms with Gasteiger partial charge in [-0.25, -0.2) is 14.8 Å². The normalized spacial score (nSPS) is 10.5. The van der Waals surface area contributed by atoms with Crippen LogP contribution in [0.3, 0.4) is 0 Å². The molecule has 0 atom stereocenters. The minimum absolute atomic E-state index is 0.220. The molecule has 0 fully saturated rings. The van der Waals surface area contributed by atoms with Crippen molar-refractivity contribution >= 4 is 22.4 Å². The summed E-state index contributed by atoms with van der Waals surface area (Å²) in [7, 11) is 1.82. The van der Waals surface area contributed by atoms with Crippen molar-refractivity contribution in [1.29, 1.82) is 0 Å². The molecule has 0 unspecified atom stereocenters. The Balaban J connectivity index is 2.08. The predicted octanol–water partition coefficient (Wildman–Crippen LogP) is 0.904. The van der Waals surface area contributed by atoms with Crippen LogP contribution in [0.15, 0.2) is 6.20 Å². The summed E-state index contributed by atoms with van der Waals surface area (Å²) in [6, 6.07) is 0. The molecule has 0 aliphatic heterocycles. The number of carbonyl (C=O) groups is 1. The quantitative estimate of drug-likeness (QED) is 0.840. The van der Waals surface area contributed by atoms with Crippen LogP contribution in [-0.2, 0) is 6.54 Å². The van der Waals surface area contributed by atoms with Gasteiger partial charge in [-0.1, -0.05) is 11.3 Å². The smallest absolute Gasteiger partial charge is 0.347 e. The largest absolute Gasteiger partial charge is 0.477 e. The first-order chi connectivity index (χ1) is 8.06. The van der Waals surface area contributed by atoms with Crippen molar-refractivity contribution in [2.24, 2.45) is 0 Å². The zero-order valence-electron chi connectivity index (χ0n) is 9.34. The molecular weight excluding hydrogens is 242 g/mol. The molecule has 8 heteroatoms. The Morgan fingerprint density at radius 2 is 2.41 bits per heavy atom. The maximum absolute atomic E-state index is 10.7. The number of rotatable bonds is 4. The van der Waals surface area contributed by atoms with E-state index in [4.69, 9.17) is 5.11 Å².